The number of aromatic nitrogens is 2. The van der Waals surface area contributed by atoms with E-state index < -0.39 is 0 Å². The van der Waals surface area contributed by atoms with Crippen molar-refractivity contribution < 1.29 is 0 Å². The highest BCUT2D eigenvalue weighted by atomic mass is 16.1. The Labute approximate surface area is 202 Å². The molecule has 0 amide bonds. The second-order valence-corrected chi connectivity index (χ2v) is 9.79. The molecule has 1 aliphatic rings. The topological polar surface area (TPSA) is 98.9 Å². The van der Waals surface area contributed by atoms with Crippen molar-refractivity contribution in [3.8, 4) is 11.3 Å². The van der Waals surface area contributed by atoms with Crippen LogP contribution in [0.1, 0.15) is 70.4 Å². The van der Waals surface area contributed by atoms with Gasteiger partial charge in [-0.05, 0) is 76.1 Å². The summed E-state index contributed by atoms with van der Waals surface area (Å²) in [7, 11) is 0. The van der Waals surface area contributed by atoms with Crippen LogP contribution >= 0.6 is 0 Å². The van der Waals surface area contributed by atoms with Gasteiger partial charge >= 0.3 is 0 Å². The molecule has 4 rings (SSSR count). The van der Waals surface area contributed by atoms with Gasteiger partial charge in [0.15, 0.2) is 0 Å². The van der Waals surface area contributed by atoms with Crippen LogP contribution in [0.3, 0.4) is 0 Å². The zero-order valence-corrected chi connectivity index (χ0v) is 20.6. The van der Waals surface area contributed by atoms with Crippen molar-refractivity contribution in [1.82, 2.24) is 14.9 Å². The number of rotatable bonds is 8. The van der Waals surface area contributed by atoms with Gasteiger partial charge in [0.1, 0.15) is 11.5 Å². The number of benzene rings is 2. The molecule has 34 heavy (non-hydrogen) atoms. The largest absolute Gasteiger partial charge is 0.384 e. The normalized spacial score (nSPS) is 19.9. The zero-order chi connectivity index (χ0) is 24.2. The van der Waals surface area contributed by atoms with Gasteiger partial charge in [-0.1, -0.05) is 37.6 Å². The van der Waals surface area contributed by atoms with E-state index in [2.05, 4.69) is 47.8 Å². The van der Waals surface area contributed by atoms with E-state index in [4.69, 9.17) is 11.1 Å². The number of nitrogen functional groups attached to an aromatic ring is 1. The highest BCUT2D eigenvalue weighted by Crippen LogP contribution is 2.28. The number of piperidine rings is 1. The number of fused-ring (bicyclic) bond motifs is 1. The molecule has 3 atom stereocenters. The molecule has 4 N–H and O–H groups in total. The van der Waals surface area contributed by atoms with Crippen molar-refractivity contribution >= 4 is 16.9 Å². The van der Waals surface area contributed by atoms with Crippen LogP contribution in [0.5, 0.6) is 0 Å². The zero-order valence-electron chi connectivity index (χ0n) is 20.6. The molecule has 1 saturated heterocycles. The van der Waals surface area contributed by atoms with Crippen molar-refractivity contribution in [3.05, 3.63) is 63.9 Å². The number of nitrogens with two attached hydrogens (primary N) is 1. The Balaban J connectivity index is 1.48. The van der Waals surface area contributed by atoms with Gasteiger partial charge in [0, 0.05) is 29.3 Å². The van der Waals surface area contributed by atoms with Gasteiger partial charge in [0.05, 0.1) is 11.0 Å². The summed E-state index contributed by atoms with van der Waals surface area (Å²) < 4.78 is 0. The predicted molar refractivity (Wildman–Crippen MR) is 140 cm³/mol. The minimum Gasteiger partial charge on any atom is -0.384 e. The van der Waals surface area contributed by atoms with Crippen molar-refractivity contribution in [2.45, 2.75) is 83.8 Å². The molecule has 2 aromatic carbocycles. The maximum atomic E-state index is 12.8. The van der Waals surface area contributed by atoms with Crippen molar-refractivity contribution in [2.24, 2.45) is 5.73 Å². The smallest absolute Gasteiger partial charge is 0.274 e. The summed E-state index contributed by atoms with van der Waals surface area (Å²) in [6.45, 7) is 7.08. The lowest BCUT2D eigenvalue weighted by Gasteiger charge is -2.44. The summed E-state index contributed by atoms with van der Waals surface area (Å²) in [4.78, 5) is 23.2. The summed E-state index contributed by atoms with van der Waals surface area (Å²) in [5.41, 5.74) is 9.70. The van der Waals surface area contributed by atoms with Crippen molar-refractivity contribution in [3.63, 3.8) is 0 Å². The molecule has 0 spiro atoms. The molecule has 1 aromatic heterocycles. The predicted octanol–water partition coefficient (Wildman–Crippen LogP) is 5.24. The maximum Gasteiger partial charge on any atom is 0.274 e. The number of aromatic amines is 1. The van der Waals surface area contributed by atoms with Gasteiger partial charge in [0.25, 0.3) is 5.56 Å². The third-order valence-corrected chi connectivity index (χ3v) is 7.36. The molecule has 1 fully saturated rings. The molecular formula is C28H37N5O. The van der Waals surface area contributed by atoms with Gasteiger partial charge in [-0.2, -0.15) is 0 Å². The lowest BCUT2D eigenvalue weighted by molar-refractivity contribution is 0.0479. The second kappa shape index (κ2) is 10.5. The van der Waals surface area contributed by atoms with E-state index in [0.29, 0.717) is 34.9 Å². The highest BCUT2D eigenvalue weighted by molar-refractivity contribution is 5.96. The molecule has 0 saturated carbocycles. The first kappa shape index (κ1) is 24.1. The Morgan fingerprint density at radius 3 is 2.68 bits per heavy atom. The quantitative estimate of drug-likeness (QED) is 0.317. The van der Waals surface area contributed by atoms with E-state index in [1.54, 1.807) is 18.2 Å². The van der Waals surface area contributed by atoms with Crippen LogP contribution in [0.25, 0.3) is 22.3 Å². The first-order chi connectivity index (χ1) is 16.4. The minimum absolute atomic E-state index is 0.0294. The Bertz CT molecular complexity index is 1210. The molecule has 1 aliphatic heterocycles. The Hall–Kier alpha value is -2.99. The molecule has 3 aromatic rings. The van der Waals surface area contributed by atoms with Gasteiger partial charge in [-0.25, -0.2) is 4.98 Å². The highest BCUT2D eigenvalue weighted by Gasteiger charge is 2.29. The number of hydrogen-bond acceptors (Lipinski definition) is 4. The summed E-state index contributed by atoms with van der Waals surface area (Å²) in [5.74, 6) is -0.0294. The summed E-state index contributed by atoms with van der Waals surface area (Å²) >= 11 is 0. The lowest BCUT2D eigenvalue weighted by atomic mass is 9.92. The third kappa shape index (κ3) is 5.22. The van der Waals surface area contributed by atoms with E-state index in [9.17, 15) is 4.79 Å². The van der Waals surface area contributed by atoms with E-state index in [-0.39, 0.29) is 11.4 Å². The monoisotopic (exact) mass is 459 g/mol. The molecule has 0 radical (unpaired) electrons. The number of amidine groups is 1. The van der Waals surface area contributed by atoms with Crippen LogP contribution in [0.4, 0.5) is 0 Å². The summed E-state index contributed by atoms with van der Waals surface area (Å²) in [6, 6.07) is 15.3. The number of nitrogens with one attached hydrogen (secondary N) is 2. The molecule has 0 aliphatic carbocycles. The van der Waals surface area contributed by atoms with Crippen LogP contribution < -0.4 is 11.3 Å². The molecule has 6 nitrogen and oxygen atoms in total. The fourth-order valence-electron chi connectivity index (χ4n) is 5.59. The number of aryl methyl sites for hydroxylation is 1. The van der Waals surface area contributed by atoms with Crippen molar-refractivity contribution in [2.75, 3.05) is 0 Å². The fraction of sp³-hybridized carbons (Fsp3) is 0.464. The average molecular weight is 460 g/mol. The SMILES string of the molecule is CCC(CCCc1ccc2nc(-c3cccc(C(=N)N)c3)c(=O)[nH]c2c1)N1C(C)CCCC1C. The molecule has 3 unspecified atom stereocenters. The number of H-pyrrole nitrogens is 1. The van der Waals surface area contributed by atoms with E-state index >= 15 is 0 Å². The number of hydrogen-bond donors (Lipinski definition) is 3. The van der Waals surface area contributed by atoms with Crippen LogP contribution in [-0.4, -0.2) is 38.8 Å². The van der Waals surface area contributed by atoms with Crippen LogP contribution in [-0.2, 0) is 6.42 Å². The molecular weight excluding hydrogens is 422 g/mol. The second-order valence-electron chi connectivity index (χ2n) is 9.79. The van der Waals surface area contributed by atoms with Crippen LogP contribution in [0.2, 0.25) is 0 Å². The number of nitrogens with zero attached hydrogens (tertiary/aromatic N) is 2. The summed E-state index contributed by atoms with van der Waals surface area (Å²) in [5, 5.41) is 7.64. The minimum atomic E-state index is -0.232. The first-order valence-electron chi connectivity index (χ1n) is 12.6. The maximum absolute atomic E-state index is 12.8. The lowest BCUT2D eigenvalue weighted by Crippen LogP contribution is -2.49. The Kier molecular flexibility index (Phi) is 7.47. The Morgan fingerprint density at radius 2 is 1.97 bits per heavy atom. The van der Waals surface area contributed by atoms with Crippen LogP contribution in [0, 0.1) is 5.41 Å². The van der Waals surface area contributed by atoms with Gasteiger partial charge in [0.2, 0.25) is 0 Å². The van der Waals surface area contributed by atoms with Crippen molar-refractivity contribution in [1.29, 1.82) is 5.41 Å². The van der Waals surface area contributed by atoms with Gasteiger partial charge in [-0.3, -0.25) is 15.1 Å². The molecule has 180 valence electrons. The molecule has 0 bridgehead atoms. The van der Waals surface area contributed by atoms with Gasteiger partial charge < -0.3 is 10.7 Å². The average Bonchev–Trinajstić information content (AvgIpc) is 2.82. The third-order valence-electron chi connectivity index (χ3n) is 7.36. The van der Waals surface area contributed by atoms with E-state index in [1.165, 1.54) is 37.7 Å². The van der Waals surface area contributed by atoms with Gasteiger partial charge in [-0.15, -0.1) is 0 Å². The molecule has 6 heteroatoms. The number of likely N-dealkylation sites (tertiary alicyclic amines) is 1. The molecule has 2 heterocycles. The first-order valence-corrected chi connectivity index (χ1v) is 12.6. The van der Waals surface area contributed by atoms with Crippen LogP contribution in [0.15, 0.2) is 47.3 Å². The summed E-state index contributed by atoms with van der Waals surface area (Å²) in [6.07, 6.45) is 8.49. The van der Waals surface area contributed by atoms with E-state index in [0.717, 1.165) is 23.9 Å². The standard InChI is InChI=1S/C28H37N5O/c1-4-23(33-18(2)8-5-9-19(33)3)13-6-10-20-14-15-24-25(16-20)32-28(34)26(31-24)21-11-7-12-22(17-21)27(29)30/h7,11-12,14-19,23H,4-6,8-10,13H2,1-3H3,(H3,29,30)(H,32,34). The fourth-order valence-corrected chi connectivity index (χ4v) is 5.59. The Morgan fingerprint density at radius 1 is 1.21 bits per heavy atom. The van der Waals surface area contributed by atoms with E-state index in [1.807, 2.05) is 12.1 Å².